The van der Waals surface area contributed by atoms with Gasteiger partial charge in [0.05, 0.1) is 12.3 Å². The molecule has 0 aliphatic heterocycles. The maximum atomic E-state index is 13.1. The van der Waals surface area contributed by atoms with Crippen molar-refractivity contribution < 1.29 is 18.5 Å². The van der Waals surface area contributed by atoms with Gasteiger partial charge in [0.2, 0.25) is 23.5 Å². The van der Waals surface area contributed by atoms with E-state index in [1.54, 1.807) is 19.2 Å². The number of benzene rings is 2. The zero-order valence-electron chi connectivity index (χ0n) is 17.0. The predicted molar refractivity (Wildman–Crippen MR) is 111 cm³/mol. The third-order valence-corrected chi connectivity index (χ3v) is 5.60. The summed E-state index contributed by atoms with van der Waals surface area (Å²) < 4.78 is 18.6. The van der Waals surface area contributed by atoms with Gasteiger partial charge in [-0.15, -0.1) is 0 Å². The first-order valence-corrected chi connectivity index (χ1v) is 10.2. The molecular weight excluding hydrogens is 399 g/mol. The molecule has 0 bridgehead atoms. The van der Waals surface area contributed by atoms with Crippen LogP contribution in [0.2, 0.25) is 0 Å². The highest BCUT2D eigenvalue weighted by molar-refractivity contribution is 5.81. The Hall–Kier alpha value is -3.55. The van der Waals surface area contributed by atoms with Crippen LogP contribution in [0.5, 0.6) is 0 Å². The van der Waals surface area contributed by atoms with Crippen molar-refractivity contribution in [3.05, 3.63) is 71.9 Å². The minimum absolute atomic E-state index is 0.0805. The zero-order valence-corrected chi connectivity index (χ0v) is 17.0. The highest BCUT2D eigenvalue weighted by atomic mass is 19.1. The summed E-state index contributed by atoms with van der Waals surface area (Å²) in [5.41, 5.74) is 1.54. The van der Waals surface area contributed by atoms with Crippen LogP contribution in [0.1, 0.15) is 30.2 Å². The van der Waals surface area contributed by atoms with Gasteiger partial charge >= 0.3 is 0 Å². The van der Waals surface area contributed by atoms with Crippen molar-refractivity contribution in [2.45, 2.75) is 31.2 Å². The molecule has 0 spiro atoms. The molecule has 3 unspecified atom stereocenters. The fraction of sp³-hybridized carbons (Fsp3) is 0.304. The number of nitrogens with one attached hydrogen (secondary N) is 2. The van der Waals surface area contributed by atoms with Crippen molar-refractivity contribution >= 4 is 11.8 Å². The fourth-order valence-electron chi connectivity index (χ4n) is 4.02. The molecule has 1 heterocycles. The lowest BCUT2D eigenvalue weighted by Gasteiger charge is -2.18. The summed E-state index contributed by atoms with van der Waals surface area (Å²) in [7, 11) is 1.60. The van der Waals surface area contributed by atoms with E-state index >= 15 is 0 Å². The summed E-state index contributed by atoms with van der Waals surface area (Å²) >= 11 is 0. The second kappa shape index (κ2) is 9.07. The Labute approximate surface area is 179 Å². The molecule has 3 aromatic rings. The second-order valence-corrected chi connectivity index (χ2v) is 7.69. The molecule has 3 atom stereocenters. The van der Waals surface area contributed by atoms with Crippen LogP contribution in [-0.4, -0.2) is 35.0 Å². The molecule has 1 aliphatic rings. The quantitative estimate of drug-likeness (QED) is 0.637. The SMILES string of the molecule is CNC(=O)C1CC(NC(=O)Cc2ccc(F)cc2)C(c2nc(-c3ccccc3)no2)C1. The molecule has 7 nitrogen and oxygen atoms in total. The Balaban J connectivity index is 1.51. The number of halogens is 1. The van der Waals surface area contributed by atoms with Gasteiger partial charge in [-0.2, -0.15) is 4.98 Å². The van der Waals surface area contributed by atoms with Crippen molar-refractivity contribution in [2.75, 3.05) is 7.05 Å². The lowest BCUT2D eigenvalue weighted by atomic mass is 10.0. The Morgan fingerprint density at radius 2 is 1.84 bits per heavy atom. The number of nitrogens with zero attached hydrogens (tertiary/aromatic N) is 2. The molecule has 1 aromatic heterocycles. The average molecular weight is 422 g/mol. The molecule has 2 aromatic carbocycles. The average Bonchev–Trinajstić information content (AvgIpc) is 3.43. The smallest absolute Gasteiger partial charge is 0.232 e. The minimum Gasteiger partial charge on any atom is -0.359 e. The minimum atomic E-state index is -0.348. The van der Waals surface area contributed by atoms with Crippen LogP contribution < -0.4 is 10.6 Å². The first-order chi connectivity index (χ1) is 15.0. The summed E-state index contributed by atoms with van der Waals surface area (Å²) in [5, 5.41) is 9.76. The van der Waals surface area contributed by atoms with E-state index in [0.717, 1.165) is 5.56 Å². The molecule has 2 amide bonds. The van der Waals surface area contributed by atoms with E-state index in [0.29, 0.717) is 30.1 Å². The van der Waals surface area contributed by atoms with Gasteiger partial charge < -0.3 is 15.2 Å². The molecule has 31 heavy (non-hydrogen) atoms. The molecule has 0 saturated heterocycles. The lowest BCUT2D eigenvalue weighted by molar-refractivity contribution is -0.125. The van der Waals surface area contributed by atoms with E-state index in [-0.39, 0.29) is 41.9 Å². The Kier molecular flexibility index (Phi) is 6.06. The van der Waals surface area contributed by atoms with Crippen LogP contribution in [0, 0.1) is 11.7 Å². The van der Waals surface area contributed by atoms with Crippen molar-refractivity contribution in [3.8, 4) is 11.4 Å². The van der Waals surface area contributed by atoms with Crippen LogP contribution >= 0.6 is 0 Å². The first-order valence-electron chi connectivity index (χ1n) is 10.2. The van der Waals surface area contributed by atoms with Crippen molar-refractivity contribution in [3.63, 3.8) is 0 Å². The topological polar surface area (TPSA) is 97.1 Å². The highest BCUT2D eigenvalue weighted by Crippen LogP contribution is 2.38. The van der Waals surface area contributed by atoms with Crippen LogP contribution in [0.4, 0.5) is 4.39 Å². The van der Waals surface area contributed by atoms with Crippen LogP contribution in [0.3, 0.4) is 0 Å². The number of rotatable bonds is 6. The molecule has 1 fully saturated rings. The predicted octanol–water partition coefficient (Wildman–Crippen LogP) is 2.84. The zero-order chi connectivity index (χ0) is 21.8. The molecular formula is C23H23FN4O3. The fourth-order valence-corrected chi connectivity index (χ4v) is 4.02. The maximum absolute atomic E-state index is 13.1. The molecule has 0 radical (unpaired) electrons. The van der Waals surface area contributed by atoms with Gasteiger partial charge in [-0.3, -0.25) is 9.59 Å². The summed E-state index contributed by atoms with van der Waals surface area (Å²) in [6.45, 7) is 0. The third-order valence-electron chi connectivity index (χ3n) is 5.60. The van der Waals surface area contributed by atoms with E-state index in [1.807, 2.05) is 30.3 Å². The van der Waals surface area contributed by atoms with Gasteiger partial charge in [-0.1, -0.05) is 47.6 Å². The van der Waals surface area contributed by atoms with E-state index in [4.69, 9.17) is 4.52 Å². The van der Waals surface area contributed by atoms with Crippen molar-refractivity contribution in [1.82, 2.24) is 20.8 Å². The van der Waals surface area contributed by atoms with Gasteiger partial charge in [0, 0.05) is 24.6 Å². The standard InChI is InChI=1S/C23H23FN4O3/c1-25-22(30)16-12-18(23-27-21(28-31-23)15-5-3-2-4-6-15)19(13-16)26-20(29)11-14-7-9-17(24)10-8-14/h2-10,16,18-19H,11-13H2,1H3,(H,25,30)(H,26,29). The van der Waals surface area contributed by atoms with Gasteiger partial charge in [-0.25, -0.2) is 4.39 Å². The van der Waals surface area contributed by atoms with Gasteiger partial charge in [0.25, 0.3) is 0 Å². The molecule has 1 saturated carbocycles. The lowest BCUT2D eigenvalue weighted by Crippen LogP contribution is -2.38. The van der Waals surface area contributed by atoms with Gasteiger partial charge in [0.15, 0.2) is 0 Å². The van der Waals surface area contributed by atoms with Crippen molar-refractivity contribution in [2.24, 2.45) is 5.92 Å². The number of carbonyl (C=O) groups is 2. The molecule has 1 aliphatic carbocycles. The summed E-state index contributed by atoms with van der Waals surface area (Å²) in [6.07, 6.45) is 1.09. The maximum Gasteiger partial charge on any atom is 0.232 e. The van der Waals surface area contributed by atoms with E-state index in [9.17, 15) is 14.0 Å². The number of hydrogen-bond acceptors (Lipinski definition) is 5. The Morgan fingerprint density at radius 1 is 1.10 bits per heavy atom. The normalized spacial score (nSPS) is 20.4. The molecule has 4 rings (SSSR count). The number of hydrogen-bond donors (Lipinski definition) is 2. The molecule has 8 heteroatoms. The highest BCUT2D eigenvalue weighted by Gasteiger charge is 2.42. The molecule has 2 N–H and O–H groups in total. The van der Waals surface area contributed by atoms with E-state index in [2.05, 4.69) is 20.8 Å². The third kappa shape index (κ3) is 4.79. The Morgan fingerprint density at radius 3 is 2.55 bits per heavy atom. The summed E-state index contributed by atoms with van der Waals surface area (Å²) in [4.78, 5) is 29.4. The van der Waals surface area contributed by atoms with Crippen molar-refractivity contribution in [1.29, 1.82) is 0 Å². The van der Waals surface area contributed by atoms with Crippen LogP contribution in [-0.2, 0) is 16.0 Å². The monoisotopic (exact) mass is 422 g/mol. The van der Waals surface area contributed by atoms with Crippen LogP contribution in [0.25, 0.3) is 11.4 Å². The number of aromatic nitrogens is 2. The first kappa shape index (κ1) is 20.7. The number of amides is 2. The van der Waals surface area contributed by atoms with Gasteiger partial charge in [0.1, 0.15) is 5.82 Å². The molecule has 160 valence electrons. The largest absolute Gasteiger partial charge is 0.359 e. The van der Waals surface area contributed by atoms with E-state index < -0.39 is 0 Å². The van der Waals surface area contributed by atoms with Gasteiger partial charge in [-0.05, 0) is 30.5 Å². The Bertz CT molecular complexity index is 1050. The number of carbonyl (C=O) groups excluding carboxylic acids is 2. The summed E-state index contributed by atoms with van der Waals surface area (Å²) in [6, 6.07) is 15.0. The second-order valence-electron chi connectivity index (χ2n) is 7.69. The van der Waals surface area contributed by atoms with Crippen LogP contribution in [0.15, 0.2) is 59.1 Å². The summed E-state index contributed by atoms with van der Waals surface area (Å²) in [5.74, 6) is -0.306. The van der Waals surface area contributed by atoms with E-state index in [1.165, 1.54) is 12.1 Å².